The summed E-state index contributed by atoms with van der Waals surface area (Å²) in [7, 11) is 1.54. The van der Waals surface area contributed by atoms with Gasteiger partial charge >= 0.3 is 5.82 Å². The quantitative estimate of drug-likeness (QED) is 0.619. The van der Waals surface area contributed by atoms with Gasteiger partial charge in [-0.3, -0.25) is 4.79 Å². The second kappa shape index (κ2) is 5.00. The van der Waals surface area contributed by atoms with E-state index >= 15 is 0 Å². The molecule has 0 radical (unpaired) electrons. The van der Waals surface area contributed by atoms with E-state index in [9.17, 15) is 14.9 Å². The van der Waals surface area contributed by atoms with Crippen LogP contribution in [0.1, 0.15) is 6.42 Å². The third-order valence-electron chi connectivity index (χ3n) is 2.33. The van der Waals surface area contributed by atoms with Crippen molar-refractivity contribution >= 4 is 33.8 Å². The molecule has 0 bridgehead atoms. The van der Waals surface area contributed by atoms with Crippen molar-refractivity contribution in [1.82, 2.24) is 14.7 Å². The Morgan fingerprint density at radius 1 is 1.67 bits per heavy atom. The number of hydrogen-bond donors (Lipinski definition) is 2. The Morgan fingerprint density at radius 2 is 2.44 bits per heavy atom. The molecule has 2 N–H and O–H groups in total. The van der Waals surface area contributed by atoms with Gasteiger partial charge in [-0.25, -0.2) is 0 Å². The minimum atomic E-state index is -0.491. The lowest BCUT2D eigenvalue weighted by atomic mass is 10.4. The molecule has 2 aromatic rings. The van der Waals surface area contributed by atoms with Gasteiger partial charge in [0.15, 0.2) is 0 Å². The molecule has 2 rings (SSSR count). The van der Waals surface area contributed by atoms with E-state index in [0.717, 1.165) is 0 Å². The molecule has 0 aliphatic carbocycles. The molecule has 0 aliphatic rings. The normalized spacial score (nSPS) is 10.5. The zero-order valence-corrected chi connectivity index (χ0v) is 10.4. The summed E-state index contributed by atoms with van der Waals surface area (Å²) in [6.45, 7) is 0.297. The molecule has 1 amide bonds. The van der Waals surface area contributed by atoms with E-state index in [4.69, 9.17) is 0 Å². The monoisotopic (exact) mass is 269 g/mol. The number of aromatic nitrogens is 2. The maximum absolute atomic E-state index is 11.0. The van der Waals surface area contributed by atoms with E-state index in [1.165, 1.54) is 22.8 Å². The molecule has 9 heteroatoms. The molecular formula is C9H11N5O3S. The van der Waals surface area contributed by atoms with E-state index in [-0.39, 0.29) is 24.0 Å². The van der Waals surface area contributed by atoms with Crippen LogP contribution in [0, 0.1) is 10.1 Å². The zero-order valence-electron chi connectivity index (χ0n) is 9.54. The highest BCUT2D eigenvalue weighted by atomic mass is 32.1. The Hall–Kier alpha value is -2.16. The van der Waals surface area contributed by atoms with Crippen molar-refractivity contribution in [1.29, 1.82) is 0 Å². The number of carbonyl (C=O) groups excluding carboxylic acids is 1. The van der Waals surface area contributed by atoms with Gasteiger partial charge in [0.25, 0.3) is 4.96 Å². The van der Waals surface area contributed by atoms with E-state index < -0.39 is 4.92 Å². The van der Waals surface area contributed by atoms with Crippen molar-refractivity contribution in [2.75, 3.05) is 18.9 Å². The number of hydrogen-bond acceptors (Lipinski definition) is 6. The number of amides is 1. The van der Waals surface area contributed by atoms with Gasteiger partial charge in [0.05, 0.1) is 0 Å². The number of thiazole rings is 1. The fraction of sp³-hybridized carbons (Fsp3) is 0.333. The van der Waals surface area contributed by atoms with Crippen LogP contribution in [0.2, 0.25) is 0 Å². The molecule has 2 aromatic heterocycles. The third kappa shape index (κ3) is 2.25. The number of imidazole rings is 1. The van der Waals surface area contributed by atoms with Crippen LogP contribution < -0.4 is 10.6 Å². The van der Waals surface area contributed by atoms with Crippen LogP contribution in [0.15, 0.2) is 11.6 Å². The SMILES string of the molecule is CNC(=O)CCNc1nc2sccn2c1[N+](=O)[O-]. The second-order valence-electron chi connectivity index (χ2n) is 3.45. The third-order valence-corrected chi connectivity index (χ3v) is 3.09. The summed E-state index contributed by atoms with van der Waals surface area (Å²) in [5.74, 6) is -0.0508. The number of anilines is 1. The molecule has 8 nitrogen and oxygen atoms in total. The van der Waals surface area contributed by atoms with Crippen molar-refractivity contribution < 1.29 is 9.72 Å². The van der Waals surface area contributed by atoms with Crippen molar-refractivity contribution in [2.24, 2.45) is 0 Å². The standard InChI is InChI=1S/C9H11N5O3S/c1-10-6(15)2-3-11-7-8(14(16)17)13-4-5-18-9(13)12-7/h4-5,11H,2-3H2,1H3,(H,10,15). The van der Waals surface area contributed by atoms with E-state index in [1.54, 1.807) is 11.6 Å². The first-order chi connectivity index (χ1) is 8.63. The fourth-order valence-electron chi connectivity index (χ4n) is 1.49. The number of nitrogens with one attached hydrogen (secondary N) is 2. The lowest BCUT2D eigenvalue weighted by Crippen LogP contribution is -2.21. The van der Waals surface area contributed by atoms with Gasteiger partial charge in [0, 0.05) is 25.4 Å². The topological polar surface area (TPSA) is 102 Å². The predicted molar refractivity (Wildman–Crippen MR) is 66.9 cm³/mol. The van der Waals surface area contributed by atoms with Gasteiger partial charge in [0.2, 0.25) is 11.7 Å². The Bertz CT molecular complexity index is 590. The van der Waals surface area contributed by atoms with Crippen molar-refractivity contribution in [3.63, 3.8) is 0 Å². The highest BCUT2D eigenvalue weighted by molar-refractivity contribution is 7.15. The number of fused-ring (bicyclic) bond motifs is 1. The number of nitrogens with zero attached hydrogens (tertiary/aromatic N) is 3. The highest BCUT2D eigenvalue weighted by Crippen LogP contribution is 2.27. The summed E-state index contributed by atoms with van der Waals surface area (Å²) in [5, 5.41) is 18.0. The van der Waals surface area contributed by atoms with E-state index in [0.29, 0.717) is 11.5 Å². The first-order valence-electron chi connectivity index (χ1n) is 5.18. The maximum Gasteiger partial charge on any atom is 0.372 e. The molecule has 0 saturated heterocycles. The zero-order chi connectivity index (χ0) is 13.1. The van der Waals surface area contributed by atoms with Crippen LogP contribution in [0.3, 0.4) is 0 Å². The lowest BCUT2D eigenvalue weighted by Gasteiger charge is -2.02. The van der Waals surface area contributed by atoms with Crippen LogP contribution in [0.25, 0.3) is 4.96 Å². The van der Waals surface area contributed by atoms with Gasteiger partial charge in [0.1, 0.15) is 6.20 Å². The van der Waals surface area contributed by atoms with Crippen molar-refractivity contribution in [3.8, 4) is 0 Å². The summed E-state index contributed by atoms with van der Waals surface area (Å²) < 4.78 is 1.41. The van der Waals surface area contributed by atoms with Gasteiger partial charge < -0.3 is 20.7 Å². The molecule has 0 atom stereocenters. The lowest BCUT2D eigenvalue weighted by molar-refractivity contribution is -0.389. The largest absolute Gasteiger partial charge is 0.372 e. The predicted octanol–water partition coefficient (Wildman–Crippen LogP) is 0.852. The first-order valence-corrected chi connectivity index (χ1v) is 6.06. The maximum atomic E-state index is 11.0. The number of nitro groups is 1. The molecule has 0 aromatic carbocycles. The first kappa shape index (κ1) is 12.3. The van der Waals surface area contributed by atoms with Crippen LogP contribution in [-0.2, 0) is 4.79 Å². The average molecular weight is 269 g/mol. The smallest absolute Gasteiger partial charge is 0.362 e. The number of rotatable bonds is 5. The Labute approximate surface area is 106 Å². The molecule has 0 unspecified atom stereocenters. The molecule has 0 saturated carbocycles. The highest BCUT2D eigenvalue weighted by Gasteiger charge is 2.23. The molecular weight excluding hydrogens is 258 g/mol. The summed E-state index contributed by atoms with van der Waals surface area (Å²) in [4.78, 5) is 26.2. The molecule has 0 aliphatic heterocycles. The number of carbonyl (C=O) groups is 1. The van der Waals surface area contributed by atoms with Crippen molar-refractivity contribution in [3.05, 3.63) is 21.7 Å². The van der Waals surface area contributed by atoms with Crippen LogP contribution in [-0.4, -0.2) is 33.8 Å². The van der Waals surface area contributed by atoms with Crippen LogP contribution in [0.4, 0.5) is 11.6 Å². The Morgan fingerprint density at radius 3 is 3.11 bits per heavy atom. The van der Waals surface area contributed by atoms with Crippen molar-refractivity contribution in [2.45, 2.75) is 6.42 Å². The van der Waals surface area contributed by atoms with E-state index in [2.05, 4.69) is 15.6 Å². The summed E-state index contributed by atoms with van der Waals surface area (Å²) in [5.41, 5.74) is 0. The minimum Gasteiger partial charge on any atom is -0.362 e. The van der Waals surface area contributed by atoms with Gasteiger partial charge in [-0.05, 0) is 4.92 Å². The second-order valence-corrected chi connectivity index (χ2v) is 4.32. The molecule has 96 valence electrons. The Balaban J connectivity index is 2.17. The molecule has 18 heavy (non-hydrogen) atoms. The van der Waals surface area contributed by atoms with Crippen LogP contribution >= 0.6 is 11.3 Å². The Kier molecular flexibility index (Phi) is 3.42. The van der Waals surface area contributed by atoms with Gasteiger partial charge in [-0.15, -0.1) is 0 Å². The average Bonchev–Trinajstić information content (AvgIpc) is 2.87. The fourth-order valence-corrected chi connectivity index (χ4v) is 2.20. The summed E-state index contributed by atoms with van der Waals surface area (Å²) in [6, 6.07) is 0. The van der Waals surface area contributed by atoms with Gasteiger partial charge in [-0.1, -0.05) is 11.3 Å². The van der Waals surface area contributed by atoms with Gasteiger partial charge in [-0.2, -0.15) is 9.38 Å². The summed E-state index contributed by atoms with van der Waals surface area (Å²) >= 11 is 1.31. The molecule has 0 spiro atoms. The molecule has 0 fully saturated rings. The van der Waals surface area contributed by atoms with E-state index in [1.807, 2.05) is 0 Å². The summed E-state index contributed by atoms with van der Waals surface area (Å²) in [6.07, 6.45) is 1.83. The molecule has 2 heterocycles. The van der Waals surface area contributed by atoms with Crippen LogP contribution in [0.5, 0.6) is 0 Å². The minimum absolute atomic E-state index is 0.108.